The van der Waals surface area contributed by atoms with E-state index in [4.69, 9.17) is 0 Å². The van der Waals surface area contributed by atoms with Gasteiger partial charge >= 0.3 is 0 Å². The molecule has 0 saturated carbocycles. The van der Waals surface area contributed by atoms with Crippen molar-refractivity contribution in [3.8, 4) is 0 Å². The number of hydrogen-bond donors (Lipinski definition) is 0. The molecule has 0 spiro atoms. The zero-order valence-corrected chi connectivity index (χ0v) is 21.2. The summed E-state index contributed by atoms with van der Waals surface area (Å²) in [6.07, 6.45) is 2.30. The molecule has 0 nitrogen and oxygen atoms in total. The molecular formula is C28H36P2. The summed E-state index contributed by atoms with van der Waals surface area (Å²) >= 11 is 0. The number of hydrogen-bond acceptors (Lipinski definition) is 0. The topological polar surface area (TPSA) is 0 Å². The standard InChI is InChI=1S/C28H36P2/c1-27(2,3)30(28(4,5)6)22-24-15-13-14-23(20-24)21-29(25-16-9-7-10-17-25)26-18-11-8-12-19-26/h7-20H,21-22H2,1-6H3. The van der Waals surface area contributed by atoms with Gasteiger partial charge in [-0.05, 0) is 46.1 Å². The average molecular weight is 435 g/mol. The Labute approximate surface area is 186 Å². The lowest BCUT2D eigenvalue weighted by Crippen LogP contribution is -2.25. The van der Waals surface area contributed by atoms with E-state index in [1.54, 1.807) is 0 Å². The van der Waals surface area contributed by atoms with Crippen LogP contribution in [0.5, 0.6) is 0 Å². The second kappa shape index (κ2) is 9.77. The Morgan fingerprint density at radius 1 is 0.533 bits per heavy atom. The van der Waals surface area contributed by atoms with Crippen molar-refractivity contribution in [1.29, 1.82) is 0 Å². The molecule has 3 aromatic rings. The van der Waals surface area contributed by atoms with Gasteiger partial charge in [-0.1, -0.05) is 134 Å². The summed E-state index contributed by atoms with van der Waals surface area (Å²) in [6, 6.07) is 31.5. The van der Waals surface area contributed by atoms with Crippen molar-refractivity contribution in [3.05, 3.63) is 96.1 Å². The number of rotatable bonds is 6. The molecule has 0 N–H and O–H groups in total. The Hall–Kier alpha value is -1.48. The minimum atomic E-state index is -0.400. The zero-order chi connectivity index (χ0) is 21.8. The Morgan fingerprint density at radius 2 is 0.967 bits per heavy atom. The largest absolute Gasteiger partial charge is 0.0911 e. The molecule has 0 amide bonds. The normalized spacial score (nSPS) is 12.5. The summed E-state index contributed by atoms with van der Waals surface area (Å²) in [5, 5.41) is 3.61. The van der Waals surface area contributed by atoms with Crippen molar-refractivity contribution >= 4 is 26.5 Å². The van der Waals surface area contributed by atoms with Gasteiger partial charge in [-0.2, -0.15) is 0 Å². The summed E-state index contributed by atoms with van der Waals surface area (Å²) in [5.74, 6) is 0. The van der Waals surface area contributed by atoms with Crippen molar-refractivity contribution in [2.45, 2.75) is 64.2 Å². The lowest BCUT2D eigenvalue weighted by atomic mass is 10.2. The van der Waals surface area contributed by atoms with Crippen molar-refractivity contribution in [2.24, 2.45) is 0 Å². The fourth-order valence-electron chi connectivity index (χ4n) is 4.22. The molecule has 0 bridgehead atoms. The maximum atomic E-state index is 2.48. The smallest absolute Gasteiger partial charge is 0.000753 e. The van der Waals surface area contributed by atoms with Crippen LogP contribution in [0.1, 0.15) is 52.7 Å². The summed E-state index contributed by atoms with van der Waals surface area (Å²) in [4.78, 5) is 0. The van der Waals surface area contributed by atoms with Crippen LogP contribution in [0.3, 0.4) is 0 Å². The van der Waals surface area contributed by atoms with Crippen LogP contribution < -0.4 is 10.6 Å². The maximum absolute atomic E-state index is 2.48. The van der Waals surface area contributed by atoms with E-state index in [0.29, 0.717) is 10.3 Å². The summed E-state index contributed by atoms with van der Waals surface area (Å²) in [7, 11) is -0.534. The average Bonchev–Trinajstić information content (AvgIpc) is 2.70. The van der Waals surface area contributed by atoms with Gasteiger partial charge in [-0.25, -0.2) is 0 Å². The monoisotopic (exact) mass is 434 g/mol. The van der Waals surface area contributed by atoms with Gasteiger partial charge in [0.05, 0.1) is 0 Å². The third-order valence-electron chi connectivity index (χ3n) is 5.43. The SMILES string of the molecule is CC(C)(C)P(Cc1cccc(CP(c2ccccc2)c2ccccc2)c1)C(C)(C)C. The second-order valence-electron chi connectivity index (χ2n) is 10.0. The molecule has 0 fully saturated rings. The highest BCUT2D eigenvalue weighted by Crippen LogP contribution is 2.61. The fourth-order valence-corrected chi connectivity index (χ4v) is 10.0. The van der Waals surface area contributed by atoms with Crippen LogP contribution in [0.4, 0.5) is 0 Å². The Morgan fingerprint density at radius 3 is 1.40 bits per heavy atom. The first-order chi connectivity index (χ1) is 14.1. The summed E-state index contributed by atoms with van der Waals surface area (Å²) in [6.45, 7) is 14.5. The lowest BCUT2D eigenvalue weighted by Gasteiger charge is -2.41. The van der Waals surface area contributed by atoms with Gasteiger partial charge in [0.2, 0.25) is 0 Å². The van der Waals surface area contributed by atoms with Gasteiger partial charge in [0.15, 0.2) is 0 Å². The maximum Gasteiger partial charge on any atom is 0.000753 e. The van der Waals surface area contributed by atoms with E-state index in [9.17, 15) is 0 Å². The van der Waals surface area contributed by atoms with E-state index in [2.05, 4.69) is 126 Å². The van der Waals surface area contributed by atoms with Gasteiger partial charge < -0.3 is 0 Å². The highest BCUT2D eigenvalue weighted by molar-refractivity contribution is 7.72. The highest BCUT2D eigenvalue weighted by Gasteiger charge is 2.34. The molecule has 0 unspecified atom stereocenters. The Bertz CT molecular complexity index is 865. The molecule has 0 aromatic heterocycles. The second-order valence-corrected chi connectivity index (χ2v) is 16.1. The van der Waals surface area contributed by atoms with Crippen molar-refractivity contribution in [1.82, 2.24) is 0 Å². The van der Waals surface area contributed by atoms with Crippen LogP contribution in [0.2, 0.25) is 0 Å². The van der Waals surface area contributed by atoms with E-state index in [1.807, 2.05) is 0 Å². The highest BCUT2D eigenvalue weighted by atomic mass is 31.1. The van der Waals surface area contributed by atoms with E-state index in [-0.39, 0.29) is 7.92 Å². The van der Waals surface area contributed by atoms with Gasteiger partial charge in [0.25, 0.3) is 0 Å². The van der Waals surface area contributed by atoms with Crippen LogP contribution in [0.15, 0.2) is 84.9 Å². The first-order valence-corrected chi connectivity index (χ1v) is 13.9. The number of benzene rings is 3. The van der Waals surface area contributed by atoms with Gasteiger partial charge in [0, 0.05) is 6.16 Å². The molecule has 3 rings (SSSR count). The minimum Gasteiger partial charge on any atom is -0.0911 e. The first-order valence-electron chi connectivity index (χ1n) is 10.9. The van der Waals surface area contributed by atoms with Gasteiger partial charge in [-0.3, -0.25) is 0 Å². The van der Waals surface area contributed by atoms with Crippen LogP contribution in [0.25, 0.3) is 0 Å². The van der Waals surface area contributed by atoms with Crippen molar-refractivity contribution in [2.75, 3.05) is 0 Å². The quantitative estimate of drug-likeness (QED) is 0.346. The van der Waals surface area contributed by atoms with Crippen molar-refractivity contribution < 1.29 is 0 Å². The lowest BCUT2D eigenvalue weighted by molar-refractivity contribution is 0.702. The van der Waals surface area contributed by atoms with Crippen LogP contribution >= 0.6 is 15.8 Å². The molecule has 158 valence electrons. The Kier molecular flexibility index (Phi) is 7.55. The van der Waals surface area contributed by atoms with Crippen molar-refractivity contribution in [3.63, 3.8) is 0 Å². The minimum absolute atomic E-state index is 0.134. The van der Waals surface area contributed by atoms with Crippen LogP contribution in [0, 0.1) is 0 Å². The molecule has 0 atom stereocenters. The van der Waals surface area contributed by atoms with Crippen LogP contribution in [-0.4, -0.2) is 10.3 Å². The summed E-state index contributed by atoms with van der Waals surface area (Å²) < 4.78 is 0. The molecule has 0 saturated heterocycles. The fraction of sp³-hybridized carbons (Fsp3) is 0.357. The predicted octanol–water partition coefficient (Wildman–Crippen LogP) is 7.90. The molecule has 0 radical (unpaired) electrons. The van der Waals surface area contributed by atoms with E-state index >= 15 is 0 Å². The molecule has 0 aliphatic rings. The Balaban J connectivity index is 1.89. The molecule has 3 aromatic carbocycles. The molecule has 30 heavy (non-hydrogen) atoms. The molecule has 2 heteroatoms. The van der Waals surface area contributed by atoms with E-state index in [1.165, 1.54) is 27.9 Å². The first kappa shape index (κ1) is 23.2. The molecule has 0 heterocycles. The molecule has 0 aliphatic carbocycles. The molecule has 0 aliphatic heterocycles. The molecular weight excluding hydrogens is 398 g/mol. The van der Waals surface area contributed by atoms with E-state index < -0.39 is 7.92 Å². The van der Waals surface area contributed by atoms with Gasteiger partial charge in [-0.15, -0.1) is 0 Å². The zero-order valence-electron chi connectivity index (χ0n) is 19.4. The third-order valence-corrected chi connectivity index (χ3v) is 11.9. The third kappa shape index (κ3) is 6.26. The summed E-state index contributed by atoms with van der Waals surface area (Å²) in [5.41, 5.74) is 2.96. The predicted molar refractivity (Wildman–Crippen MR) is 139 cm³/mol. The van der Waals surface area contributed by atoms with Gasteiger partial charge in [0.1, 0.15) is 0 Å². The van der Waals surface area contributed by atoms with Crippen LogP contribution in [-0.2, 0) is 12.3 Å². The van der Waals surface area contributed by atoms with E-state index in [0.717, 1.165) is 6.16 Å².